The summed E-state index contributed by atoms with van der Waals surface area (Å²) < 4.78 is 0. The minimum Gasteiger partial charge on any atom is -0.399 e. The lowest BCUT2D eigenvalue weighted by Gasteiger charge is -2.41. The molecule has 0 radical (unpaired) electrons. The highest BCUT2D eigenvalue weighted by molar-refractivity contribution is 5.74. The Morgan fingerprint density at radius 1 is 1.28 bits per heavy atom. The third kappa shape index (κ3) is 1.77. The Morgan fingerprint density at radius 3 is 2.61 bits per heavy atom. The van der Waals surface area contributed by atoms with Crippen LogP contribution in [0.1, 0.15) is 29.5 Å². The second kappa shape index (κ2) is 3.99. The molecule has 0 saturated carbocycles. The van der Waals surface area contributed by atoms with Crippen LogP contribution in [0.5, 0.6) is 0 Å². The molecular weight excluding hydrogens is 226 g/mol. The van der Waals surface area contributed by atoms with Crippen molar-refractivity contribution < 1.29 is 4.79 Å². The normalized spacial score (nSPS) is 22.8. The molecule has 2 N–H and O–H groups in total. The summed E-state index contributed by atoms with van der Waals surface area (Å²) >= 11 is 0. The standard InChI is InChI=1S/C14H19N3O/c1-9(18)17-7-11-4-13(15)3-10-5-16(2)6-12(8-17)14(10)11/h3-4,12H,5-8,15H2,1-2H3. The Hall–Kier alpha value is -1.55. The molecule has 96 valence electrons. The number of anilines is 1. The first-order valence-electron chi connectivity index (χ1n) is 6.40. The van der Waals surface area contributed by atoms with E-state index in [4.69, 9.17) is 5.73 Å². The summed E-state index contributed by atoms with van der Waals surface area (Å²) in [6, 6.07) is 4.12. The van der Waals surface area contributed by atoms with Gasteiger partial charge in [0.1, 0.15) is 0 Å². The number of nitrogens with zero attached hydrogens (tertiary/aromatic N) is 2. The molecule has 2 aliphatic heterocycles. The number of nitrogen functional groups attached to an aromatic ring is 1. The number of benzene rings is 1. The Balaban J connectivity index is 2.09. The van der Waals surface area contributed by atoms with E-state index in [2.05, 4.69) is 18.0 Å². The number of hydrogen-bond donors (Lipinski definition) is 1. The van der Waals surface area contributed by atoms with E-state index in [1.807, 2.05) is 11.0 Å². The predicted molar refractivity (Wildman–Crippen MR) is 71.0 cm³/mol. The van der Waals surface area contributed by atoms with Gasteiger partial charge in [-0.25, -0.2) is 0 Å². The van der Waals surface area contributed by atoms with Crippen molar-refractivity contribution in [1.82, 2.24) is 9.80 Å². The second-order valence-electron chi connectivity index (χ2n) is 5.55. The second-order valence-corrected chi connectivity index (χ2v) is 5.55. The van der Waals surface area contributed by atoms with Crippen LogP contribution < -0.4 is 5.73 Å². The lowest BCUT2D eigenvalue weighted by Crippen LogP contribution is -2.43. The zero-order chi connectivity index (χ0) is 12.9. The van der Waals surface area contributed by atoms with Gasteiger partial charge in [-0.1, -0.05) is 0 Å². The van der Waals surface area contributed by atoms with Crippen LogP contribution in [0.3, 0.4) is 0 Å². The van der Waals surface area contributed by atoms with E-state index in [0.717, 1.165) is 25.3 Å². The van der Waals surface area contributed by atoms with Crippen LogP contribution in [-0.4, -0.2) is 35.8 Å². The summed E-state index contributed by atoms with van der Waals surface area (Å²) in [5, 5.41) is 0. The van der Waals surface area contributed by atoms with Crippen LogP contribution in [0, 0.1) is 0 Å². The van der Waals surface area contributed by atoms with Gasteiger partial charge in [-0.2, -0.15) is 0 Å². The van der Waals surface area contributed by atoms with Crippen LogP contribution >= 0.6 is 0 Å². The molecule has 1 unspecified atom stereocenters. The van der Waals surface area contributed by atoms with Crippen LogP contribution in [0.2, 0.25) is 0 Å². The van der Waals surface area contributed by atoms with Gasteiger partial charge in [0, 0.05) is 44.7 Å². The molecule has 2 aliphatic rings. The topological polar surface area (TPSA) is 49.6 Å². The fourth-order valence-electron chi connectivity index (χ4n) is 3.34. The average Bonchev–Trinajstić information content (AvgIpc) is 2.26. The molecule has 1 atom stereocenters. The summed E-state index contributed by atoms with van der Waals surface area (Å²) in [7, 11) is 2.12. The van der Waals surface area contributed by atoms with E-state index in [-0.39, 0.29) is 5.91 Å². The van der Waals surface area contributed by atoms with Crippen molar-refractivity contribution in [1.29, 1.82) is 0 Å². The van der Waals surface area contributed by atoms with Gasteiger partial charge in [-0.05, 0) is 35.9 Å². The lowest BCUT2D eigenvalue weighted by atomic mass is 9.82. The van der Waals surface area contributed by atoms with Gasteiger partial charge < -0.3 is 15.5 Å². The molecular formula is C14H19N3O. The van der Waals surface area contributed by atoms with Crippen LogP contribution in [0.15, 0.2) is 12.1 Å². The highest BCUT2D eigenvalue weighted by atomic mass is 16.2. The molecule has 4 heteroatoms. The Bertz CT molecular complexity index is 512. The van der Waals surface area contributed by atoms with E-state index in [0.29, 0.717) is 12.5 Å². The number of amides is 1. The summed E-state index contributed by atoms with van der Waals surface area (Å²) in [5.74, 6) is 0.588. The summed E-state index contributed by atoms with van der Waals surface area (Å²) in [4.78, 5) is 15.9. The van der Waals surface area contributed by atoms with Crippen molar-refractivity contribution in [2.75, 3.05) is 25.9 Å². The summed E-state index contributed by atoms with van der Waals surface area (Å²) in [6.45, 7) is 5.18. The average molecular weight is 245 g/mol. The maximum atomic E-state index is 11.6. The number of rotatable bonds is 0. The van der Waals surface area contributed by atoms with Gasteiger partial charge in [-0.3, -0.25) is 4.79 Å². The molecule has 0 aliphatic carbocycles. The van der Waals surface area contributed by atoms with E-state index >= 15 is 0 Å². The highest BCUT2D eigenvalue weighted by Crippen LogP contribution is 2.37. The molecule has 1 amide bonds. The van der Waals surface area contributed by atoms with Crippen molar-refractivity contribution in [3.8, 4) is 0 Å². The van der Waals surface area contributed by atoms with Crippen molar-refractivity contribution in [3.63, 3.8) is 0 Å². The highest BCUT2D eigenvalue weighted by Gasteiger charge is 2.32. The molecule has 0 saturated heterocycles. The van der Waals surface area contributed by atoms with E-state index in [9.17, 15) is 4.79 Å². The minimum absolute atomic E-state index is 0.151. The SMILES string of the molecule is CC(=O)N1Cc2cc(N)cc3c2C(CN(C)C3)C1. The Morgan fingerprint density at radius 2 is 1.94 bits per heavy atom. The molecule has 0 spiro atoms. The molecule has 4 nitrogen and oxygen atoms in total. The van der Waals surface area contributed by atoms with Gasteiger partial charge in [0.2, 0.25) is 5.91 Å². The predicted octanol–water partition coefficient (Wildman–Crippen LogP) is 1.16. The first-order valence-corrected chi connectivity index (χ1v) is 6.40. The quantitative estimate of drug-likeness (QED) is 0.698. The first-order chi connectivity index (χ1) is 8.54. The van der Waals surface area contributed by atoms with Gasteiger partial charge >= 0.3 is 0 Å². The smallest absolute Gasteiger partial charge is 0.219 e. The summed E-state index contributed by atoms with van der Waals surface area (Å²) in [6.07, 6.45) is 0. The molecule has 0 aromatic heterocycles. The molecule has 0 bridgehead atoms. The Labute approximate surface area is 107 Å². The van der Waals surface area contributed by atoms with Crippen LogP contribution in [0.4, 0.5) is 5.69 Å². The molecule has 18 heavy (non-hydrogen) atoms. The fraction of sp³-hybridized carbons (Fsp3) is 0.500. The number of hydrogen-bond acceptors (Lipinski definition) is 3. The third-order valence-corrected chi connectivity index (χ3v) is 4.00. The molecule has 1 aromatic carbocycles. The van der Waals surface area contributed by atoms with E-state index < -0.39 is 0 Å². The van der Waals surface area contributed by atoms with Crippen molar-refractivity contribution in [2.45, 2.75) is 25.9 Å². The van der Waals surface area contributed by atoms with Crippen molar-refractivity contribution >= 4 is 11.6 Å². The zero-order valence-electron chi connectivity index (χ0n) is 10.9. The van der Waals surface area contributed by atoms with E-state index in [1.165, 1.54) is 16.7 Å². The molecule has 1 aromatic rings. The maximum absolute atomic E-state index is 11.6. The largest absolute Gasteiger partial charge is 0.399 e. The number of likely N-dealkylation sites (N-methyl/N-ethyl adjacent to an activating group) is 1. The van der Waals surface area contributed by atoms with Gasteiger partial charge in [-0.15, -0.1) is 0 Å². The number of carbonyl (C=O) groups is 1. The van der Waals surface area contributed by atoms with Crippen LogP contribution in [-0.2, 0) is 17.9 Å². The fourth-order valence-corrected chi connectivity index (χ4v) is 3.34. The lowest BCUT2D eigenvalue weighted by molar-refractivity contribution is -0.130. The van der Waals surface area contributed by atoms with Crippen molar-refractivity contribution in [3.05, 3.63) is 28.8 Å². The monoisotopic (exact) mass is 245 g/mol. The number of carbonyl (C=O) groups excluding carboxylic acids is 1. The van der Waals surface area contributed by atoms with Crippen LogP contribution in [0.25, 0.3) is 0 Å². The van der Waals surface area contributed by atoms with Gasteiger partial charge in [0.25, 0.3) is 0 Å². The third-order valence-electron chi connectivity index (χ3n) is 4.00. The maximum Gasteiger partial charge on any atom is 0.219 e. The number of nitrogens with two attached hydrogens (primary N) is 1. The summed E-state index contributed by atoms with van der Waals surface area (Å²) in [5.41, 5.74) is 10.8. The minimum atomic E-state index is 0.151. The van der Waals surface area contributed by atoms with Gasteiger partial charge in [0.05, 0.1) is 0 Å². The van der Waals surface area contributed by atoms with Crippen molar-refractivity contribution in [2.24, 2.45) is 0 Å². The first kappa shape index (κ1) is 11.5. The molecule has 3 rings (SSSR count). The van der Waals surface area contributed by atoms with E-state index in [1.54, 1.807) is 6.92 Å². The van der Waals surface area contributed by atoms with Gasteiger partial charge in [0.15, 0.2) is 0 Å². The molecule has 2 heterocycles. The molecule has 0 fully saturated rings. The Kier molecular flexibility index (Phi) is 2.55. The zero-order valence-corrected chi connectivity index (χ0v) is 10.9.